The zero-order valence-corrected chi connectivity index (χ0v) is 10.2. The van der Waals surface area contributed by atoms with Gasteiger partial charge >= 0.3 is 0 Å². The van der Waals surface area contributed by atoms with Crippen LogP contribution in [0.5, 0.6) is 0 Å². The topological polar surface area (TPSA) is 98.6 Å². The first-order valence-electron chi connectivity index (χ1n) is 4.80. The Morgan fingerprint density at radius 2 is 2.31 bits per heavy atom. The van der Waals surface area contributed by atoms with Crippen LogP contribution in [0.4, 0.5) is 0 Å². The monoisotopic (exact) mass is 242 g/mol. The van der Waals surface area contributed by atoms with E-state index in [1.54, 1.807) is 13.8 Å². The highest BCUT2D eigenvalue weighted by Gasteiger charge is 2.29. The lowest BCUT2D eigenvalue weighted by Gasteiger charge is -2.20. The van der Waals surface area contributed by atoms with Crippen LogP contribution in [0.1, 0.15) is 26.1 Å². The highest BCUT2D eigenvalue weighted by atomic mass is 32.2. The first-order chi connectivity index (χ1) is 7.33. The third kappa shape index (κ3) is 2.59. The lowest BCUT2D eigenvalue weighted by atomic mass is 10.0. The fourth-order valence-corrected chi connectivity index (χ4v) is 2.43. The molecule has 0 amide bonds. The summed E-state index contributed by atoms with van der Waals surface area (Å²) in [6.45, 7) is 4.93. The molecule has 0 aliphatic carbocycles. The minimum absolute atomic E-state index is 0.0278. The molecule has 0 aliphatic rings. The third-order valence-corrected chi connectivity index (χ3v) is 3.79. The predicted molar refractivity (Wildman–Crippen MR) is 58.0 cm³/mol. The van der Waals surface area contributed by atoms with Gasteiger partial charge < -0.3 is 4.98 Å². The van der Waals surface area contributed by atoms with Crippen LogP contribution >= 0.6 is 0 Å². The van der Waals surface area contributed by atoms with Crippen LogP contribution in [-0.4, -0.2) is 23.9 Å². The van der Waals surface area contributed by atoms with Crippen LogP contribution in [0.25, 0.3) is 0 Å². The van der Waals surface area contributed by atoms with Crippen molar-refractivity contribution in [3.8, 4) is 6.07 Å². The van der Waals surface area contributed by atoms with E-state index in [1.807, 2.05) is 6.07 Å². The largest absolute Gasteiger partial charge is 0.332 e. The standard InChI is InChI=1S/C9H14N4O2S/c1-4-9(3,6-10)13-16(14,15)8-5-11-7(2)12-8/h5,13H,4H2,1-3H3,(H,11,12). The Balaban J connectivity index is 3.02. The summed E-state index contributed by atoms with van der Waals surface area (Å²) in [5, 5.41) is 8.87. The molecule has 16 heavy (non-hydrogen) atoms. The van der Waals surface area contributed by atoms with E-state index in [2.05, 4.69) is 14.7 Å². The van der Waals surface area contributed by atoms with Gasteiger partial charge in [-0.15, -0.1) is 0 Å². The van der Waals surface area contributed by atoms with Crippen molar-refractivity contribution < 1.29 is 8.42 Å². The highest BCUT2D eigenvalue weighted by molar-refractivity contribution is 7.89. The molecule has 0 aromatic carbocycles. The molecule has 1 aromatic heterocycles. The number of rotatable bonds is 4. The van der Waals surface area contributed by atoms with Crippen molar-refractivity contribution in [1.29, 1.82) is 5.26 Å². The Kier molecular flexibility index (Phi) is 3.35. The van der Waals surface area contributed by atoms with Gasteiger partial charge in [-0.3, -0.25) is 0 Å². The molecular formula is C9H14N4O2S. The Morgan fingerprint density at radius 1 is 1.69 bits per heavy atom. The van der Waals surface area contributed by atoms with Gasteiger partial charge in [0.15, 0.2) is 5.03 Å². The molecule has 1 rings (SSSR count). The van der Waals surface area contributed by atoms with Crippen LogP contribution in [0.3, 0.4) is 0 Å². The number of aromatic amines is 1. The minimum Gasteiger partial charge on any atom is -0.332 e. The number of hydrogen-bond acceptors (Lipinski definition) is 4. The van der Waals surface area contributed by atoms with Crippen molar-refractivity contribution in [3.63, 3.8) is 0 Å². The number of nitrogens with zero attached hydrogens (tertiary/aromatic N) is 2. The van der Waals surface area contributed by atoms with Crippen molar-refractivity contribution in [2.24, 2.45) is 0 Å². The number of nitriles is 1. The third-order valence-electron chi connectivity index (χ3n) is 2.28. The van der Waals surface area contributed by atoms with Crippen molar-refractivity contribution in [2.75, 3.05) is 0 Å². The Morgan fingerprint density at radius 3 is 2.69 bits per heavy atom. The summed E-state index contributed by atoms with van der Waals surface area (Å²) < 4.78 is 26.0. The van der Waals surface area contributed by atoms with Crippen molar-refractivity contribution in [3.05, 3.63) is 12.0 Å². The van der Waals surface area contributed by atoms with Gasteiger partial charge in [0.2, 0.25) is 0 Å². The molecule has 7 heteroatoms. The molecule has 0 spiro atoms. The van der Waals surface area contributed by atoms with Gasteiger partial charge in [0.05, 0.1) is 12.3 Å². The number of hydrogen-bond donors (Lipinski definition) is 2. The summed E-state index contributed by atoms with van der Waals surface area (Å²) in [6, 6.07) is 1.94. The van der Waals surface area contributed by atoms with Gasteiger partial charge in [0.1, 0.15) is 11.4 Å². The first kappa shape index (κ1) is 12.7. The number of sulfonamides is 1. The highest BCUT2D eigenvalue weighted by Crippen LogP contribution is 2.13. The molecule has 1 heterocycles. The average molecular weight is 242 g/mol. The normalized spacial score (nSPS) is 15.4. The summed E-state index contributed by atoms with van der Waals surface area (Å²) in [4.78, 5) is 6.42. The summed E-state index contributed by atoms with van der Waals surface area (Å²) in [7, 11) is -3.71. The molecule has 1 atom stereocenters. The van der Waals surface area contributed by atoms with E-state index in [9.17, 15) is 8.42 Å². The second kappa shape index (κ2) is 4.23. The van der Waals surface area contributed by atoms with Gasteiger partial charge in [-0.1, -0.05) is 6.92 Å². The molecule has 0 fully saturated rings. The quantitative estimate of drug-likeness (QED) is 0.811. The molecule has 0 saturated carbocycles. The van der Waals surface area contributed by atoms with Crippen LogP contribution in [0.2, 0.25) is 0 Å². The van der Waals surface area contributed by atoms with E-state index in [0.717, 1.165) is 0 Å². The average Bonchev–Trinajstić information content (AvgIpc) is 2.65. The van der Waals surface area contributed by atoms with Gasteiger partial charge in [-0.2, -0.15) is 9.98 Å². The summed E-state index contributed by atoms with van der Waals surface area (Å²) >= 11 is 0. The van der Waals surface area contributed by atoms with Crippen LogP contribution < -0.4 is 4.72 Å². The van der Waals surface area contributed by atoms with Gasteiger partial charge in [-0.05, 0) is 20.3 Å². The van der Waals surface area contributed by atoms with Crippen molar-refractivity contribution >= 4 is 10.0 Å². The zero-order chi connectivity index (χ0) is 12.4. The van der Waals surface area contributed by atoms with E-state index in [1.165, 1.54) is 13.1 Å². The van der Waals surface area contributed by atoms with E-state index in [4.69, 9.17) is 5.26 Å². The number of imidazole rings is 1. The predicted octanol–water partition coefficient (Wildman–Crippen LogP) is 0.689. The molecule has 0 bridgehead atoms. The van der Waals surface area contributed by atoms with Gasteiger partial charge in [-0.25, -0.2) is 13.4 Å². The van der Waals surface area contributed by atoms with Crippen LogP contribution in [0, 0.1) is 18.3 Å². The molecule has 88 valence electrons. The second-order valence-corrected chi connectivity index (χ2v) is 5.39. The molecule has 2 N–H and O–H groups in total. The summed E-state index contributed by atoms with van der Waals surface area (Å²) in [6.07, 6.45) is 1.61. The van der Waals surface area contributed by atoms with E-state index < -0.39 is 15.6 Å². The molecular weight excluding hydrogens is 228 g/mol. The minimum atomic E-state index is -3.71. The summed E-state index contributed by atoms with van der Waals surface area (Å²) in [5.41, 5.74) is -1.10. The van der Waals surface area contributed by atoms with E-state index >= 15 is 0 Å². The smallest absolute Gasteiger partial charge is 0.258 e. The zero-order valence-electron chi connectivity index (χ0n) is 9.40. The SMILES string of the molecule is CCC(C)(C#N)NS(=O)(=O)c1cnc(C)[nH]1. The number of aryl methyl sites for hydroxylation is 1. The fourth-order valence-electron chi connectivity index (χ4n) is 1.06. The maximum absolute atomic E-state index is 11.8. The lowest BCUT2D eigenvalue weighted by molar-refractivity contribution is 0.493. The van der Waals surface area contributed by atoms with Gasteiger partial charge in [0.25, 0.3) is 10.0 Å². The fraction of sp³-hybridized carbons (Fsp3) is 0.556. The Hall–Kier alpha value is -1.39. The molecule has 0 aliphatic heterocycles. The van der Waals surface area contributed by atoms with E-state index in [-0.39, 0.29) is 5.03 Å². The van der Waals surface area contributed by atoms with Gasteiger partial charge in [0, 0.05) is 0 Å². The maximum atomic E-state index is 11.8. The summed E-state index contributed by atoms with van der Waals surface area (Å²) in [5.74, 6) is 0.510. The lowest BCUT2D eigenvalue weighted by Crippen LogP contribution is -2.44. The number of H-pyrrole nitrogens is 1. The Labute approximate surface area is 94.8 Å². The van der Waals surface area contributed by atoms with E-state index in [0.29, 0.717) is 12.2 Å². The molecule has 1 aromatic rings. The van der Waals surface area contributed by atoms with Crippen LogP contribution in [0.15, 0.2) is 11.2 Å². The second-order valence-electron chi connectivity index (χ2n) is 3.74. The molecule has 1 unspecified atom stereocenters. The Bertz CT molecular complexity index is 514. The number of nitrogens with one attached hydrogen (secondary N) is 2. The molecule has 0 radical (unpaired) electrons. The molecule has 0 saturated heterocycles. The number of aromatic nitrogens is 2. The van der Waals surface area contributed by atoms with Crippen molar-refractivity contribution in [1.82, 2.24) is 14.7 Å². The first-order valence-corrected chi connectivity index (χ1v) is 6.28. The maximum Gasteiger partial charge on any atom is 0.258 e. The molecule has 6 nitrogen and oxygen atoms in total. The van der Waals surface area contributed by atoms with Crippen molar-refractivity contribution in [2.45, 2.75) is 37.8 Å². The van der Waals surface area contributed by atoms with Crippen LogP contribution in [-0.2, 0) is 10.0 Å².